The quantitative estimate of drug-likeness (QED) is 0.430. The Morgan fingerprint density at radius 3 is 1.85 bits per heavy atom. The highest BCUT2D eigenvalue weighted by Gasteiger charge is 2.21. The van der Waals surface area contributed by atoms with Gasteiger partial charge < -0.3 is 0 Å². The van der Waals surface area contributed by atoms with E-state index in [4.69, 9.17) is 0 Å². The smallest absolute Gasteiger partial charge is 0.0991 e. The number of hydrogen-bond acceptors (Lipinski definition) is 0. The van der Waals surface area contributed by atoms with E-state index >= 15 is 0 Å². The van der Waals surface area contributed by atoms with Gasteiger partial charge in [-0.25, -0.2) is 0 Å². The normalized spacial score (nSPS) is 11.5. The molecule has 0 spiro atoms. The largest absolute Gasteiger partial charge is 0.241 e. The minimum absolute atomic E-state index is 0.190. The second kappa shape index (κ2) is 8.87. The Kier molecular flexibility index (Phi) is 6.06. The molecule has 0 radical (unpaired) electrons. The topological polar surface area (TPSA) is 0 Å². The fraction of sp³-hybridized carbons (Fsp3) is 0.0400. The van der Waals surface area contributed by atoms with E-state index in [0.717, 1.165) is 0 Å². The minimum Gasteiger partial charge on any atom is -0.0991 e. The van der Waals surface area contributed by atoms with E-state index in [1.54, 1.807) is 0 Å². The average Bonchev–Trinajstić information content (AvgIpc) is 2.71. The van der Waals surface area contributed by atoms with Gasteiger partial charge in [0.15, 0.2) is 0 Å². The maximum Gasteiger partial charge on any atom is 0.241 e. The molecule has 0 atom stereocenters. The predicted octanol–water partition coefficient (Wildman–Crippen LogP) is 5.19. The standard InChI is InChI=1S/C25H23B/c1-3-11-23(12-4-2)26(24-15-9-6-10-16-24)25-19-17-22(18-20-25)21-13-7-5-8-14-21/h3-20H,1H2,2H3/b12-4-,23-11+. The van der Waals surface area contributed by atoms with Crippen LogP contribution < -0.4 is 10.9 Å². The Morgan fingerprint density at radius 2 is 1.27 bits per heavy atom. The summed E-state index contributed by atoms with van der Waals surface area (Å²) in [7, 11) is 0. The third-order valence-electron chi connectivity index (χ3n) is 4.49. The summed E-state index contributed by atoms with van der Waals surface area (Å²) in [5.74, 6) is 0. The monoisotopic (exact) mass is 334 g/mol. The van der Waals surface area contributed by atoms with Gasteiger partial charge in [0.05, 0.1) is 0 Å². The summed E-state index contributed by atoms with van der Waals surface area (Å²) in [5, 5.41) is 0. The van der Waals surface area contributed by atoms with Gasteiger partial charge in [0.25, 0.3) is 0 Å². The Hall–Kier alpha value is -3.06. The lowest BCUT2D eigenvalue weighted by Gasteiger charge is -2.17. The molecule has 0 saturated heterocycles. The maximum atomic E-state index is 3.90. The van der Waals surface area contributed by atoms with Gasteiger partial charge in [-0.05, 0) is 18.1 Å². The summed E-state index contributed by atoms with van der Waals surface area (Å²) in [5.41, 5.74) is 6.28. The maximum absolute atomic E-state index is 3.90. The van der Waals surface area contributed by atoms with Crippen LogP contribution in [0.2, 0.25) is 0 Å². The van der Waals surface area contributed by atoms with E-state index in [1.165, 1.54) is 27.5 Å². The summed E-state index contributed by atoms with van der Waals surface area (Å²) in [4.78, 5) is 0. The minimum atomic E-state index is 0.190. The van der Waals surface area contributed by atoms with Crippen molar-refractivity contribution in [2.24, 2.45) is 0 Å². The molecule has 0 aliphatic rings. The van der Waals surface area contributed by atoms with Crippen LogP contribution in [0.15, 0.2) is 121 Å². The molecule has 3 aromatic carbocycles. The molecule has 0 N–H and O–H groups in total. The summed E-state index contributed by atoms with van der Waals surface area (Å²) in [6.07, 6.45) is 8.22. The molecule has 1 heteroatoms. The summed E-state index contributed by atoms with van der Waals surface area (Å²) in [6, 6.07) is 30.0. The van der Waals surface area contributed by atoms with E-state index in [-0.39, 0.29) is 6.71 Å². The van der Waals surface area contributed by atoms with Crippen molar-refractivity contribution in [1.29, 1.82) is 0 Å². The molecule has 26 heavy (non-hydrogen) atoms. The zero-order chi connectivity index (χ0) is 18.2. The highest BCUT2D eigenvalue weighted by atomic mass is 14.0. The molecule has 0 nitrogen and oxygen atoms in total. The van der Waals surface area contributed by atoms with Gasteiger partial charge >= 0.3 is 0 Å². The van der Waals surface area contributed by atoms with Crippen molar-refractivity contribution in [2.75, 3.05) is 0 Å². The molecule has 0 heterocycles. The van der Waals surface area contributed by atoms with Crippen molar-refractivity contribution < 1.29 is 0 Å². The number of benzene rings is 3. The van der Waals surface area contributed by atoms with Gasteiger partial charge in [-0.3, -0.25) is 0 Å². The first-order valence-electron chi connectivity index (χ1n) is 8.99. The van der Waals surface area contributed by atoms with Crippen LogP contribution in [0.3, 0.4) is 0 Å². The summed E-state index contributed by atoms with van der Waals surface area (Å²) < 4.78 is 0. The Labute approximate surface area is 157 Å². The van der Waals surface area contributed by atoms with Crippen LogP contribution in [0.4, 0.5) is 0 Å². The lowest BCUT2D eigenvalue weighted by molar-refractivity contribution is 1.63. The molecule has 0 bridgehead atoms. The fourth-order valence-electron chi connectivity index (χ4n) is 3.30. The van der Waals surface area contributed by atoms with E-state index in [9.17, 15) is 0 Å². The van der Waals surface area contributed by atoms with Crippen molar-refractivity contribution in [2.45, 2.75) is 6.92 Å². The first-order valence-corrected chi connectivity index (χ1v) is 8.99. The van der Waals surface area contributed by atoms with Crippen LogP contribution >= 0.6 is 0 Å². The van der Waals surface area contributed by atoms with E-state index in [0.29, 0.717) is 0 Å². The van der Waals surface area contributed by atoms with Crippen LogP contribution in [0.5, 0.6) is 0 Å². The lowest BCUT2D eigenvalue weighted by Crippen LogP contribution is -2.43. The third kappa shape index (κ3) is 4.12. The second-order valence-electron chi connectivity index (χ2n) is 6.23. The lowest BCUT2D eigenvalue weighted by atomic mass is 9.36. The molecular weight excluding hydrogens is 311 g/mol. The Morgan fingerprint density at radius 1 is 0.731 bits per heavy atom. The van der Waals surface area contributed by atoms with Crippen LogP contribution in [0.25, 0.3) is 11.1 Å². The van der Waals surface area contributed by atoms with Gasteiger partial charge in [-0.15, -0.1) is 0 Å². The molecule has 0 aliphatic carbocycles. The molecule has 0 amide bonds. The number of hydrogen-bond donors (Lipinski definition) is 0. The molecule has 0 fully saturated rings. The van der Waals surface area contributed by atoms with Gasteiger partial charge in [0.2, 0.25) is 6.71 Å². The molecule has 126 valence electrons. The number of rotatable bonds is 6. The third-order valence-corrected chi connectivity index (χ3v) is 4.49. The van der Waals surface area contributed by atoms with Gasteiger partial charge in [0.1, 0.15) is 0 Å². The Balaban J connectivity index is 2.05. The van der Waals surface area contributed by atoms with Crippen molar-refractivity contribution >= 4 is 17.6 Å². The van der Waals surface area contributed by atoms with Gasteiger partial charge in [0, 0.05) is 0 Å². The highest BCUT2D eigenvalue weighted by molar-refractivity contribution is 6.91. The fourth-order valence-corrected chi connectivity index (χ4v) is 3.30. The first-order chi connectivity index (χ1) is 12.8. The van der Waals surface area contributed by atoms with Gasteiger partial charge in [-0.1, -0.05) is 132 Å². The first kappa shape index (κ1) is 17.8. The van der Waals surface area contributed by atoms with E-state index in [2.05, 4.69) is 111 Å². The van der Waals surface area contributed by atoms with Crippen molar-refractivity contribution in [3.05, 3.63) is 121 Å². The van der Waals surface area contributed by atoms with Crippen LogP contribution in [0, 0.1) is 0 Å². The zero-order valence-electron chi connectivity index (χ0n) is 15.2. The van der Waals surface area contributed by atoms with E-state index in [1.807, 2.05) is 12.1 Å². The highest BCUT2D eigenvalue weighted by Crippen LogP contribution is 2.18. The van der Waals surface area contributed by atoms with Crippen LogP contribution in [0.1, 0.15) is 6.92 Å². The van der Waals surface area contributed by atoms with Crippen LogP contribution in [-0.2, 0) is 0 Å². The molecule has 0 saturated carbocycles. The zero-order valence-corrected chi connectivity index (χ0v) is 15.2. The van der Waals surface area contributed by atoms with Gasteiger partial charge in [-0.2, -0.15) is 0 Å². The molecular formula is C25H23B. The Bertz CT molecular complexity index is 888. The van der Waals surface area contributed by atoms with Crippen molar-refractivity contribution in [1.82, 2.24) is 0 Å². The molecule has 3 rings (SSSR count). The average molecular weight is 334 g/mol. The predicted molar refractivity (Wildman–Crippen MR) is 116 cm³/mol. The number of allylic oxidation sites excluding steroid dienone is 5. The molecule has 0 unspecified atom stereocenters. The van der Waals surface area contributed by atoms with Crippen LogP contribution in [-0.4, -0.2) is 6.71 Å². The molecule has 0 aliphatic heterocycles. The SMILES string of the molecule is C=C/C=C(\C=C/C)B(c1ccccc1)c1ccc(-c2ccccc2)cc1. The summed E-state index contributed by atoms with van der Waals surface area (Å²) >= 11 is 0. The summed E-state index contributed by atoms with van der Waals surface area (Å²) in [6.45, 7) is 6.14. The second-order valence-corrected chi connectivity index (χ2v) is 6.23. The molecule has 3 aromatic rings. The van der Waals surface area contributed by atoms with E-state index < -0.39 is 0 Å². The van der Waals surface area contributed by atoms with Crippen molar-refractivity contribution in [3.8, 4) is 11.1 Å². The van der Waals surface area contributed by atoms with Crippen molar-refractivity contribution in [3.63, 3.8) is 0 Å². The molecule has 0 aromatic heterocycles.